The number of rotatable bonds is 1. The Hall–Kier alpha value is -2.62. The van der Waals surface area contributed by atoms with Gasteiger partial charge in [-0.25, -0.2) is 0 Å². The van der Waals surface area contributed by atoms with Crippen molar-refractivity contribution in [1.29, 1.82) is 0 Å². The number of aromatic nitrogens is 3. The van der Waals surface area contributed by atoms with E-state index in [1.165, 1.54) is 0 Å². The summed E-state index contributed by atoms with van der Waals surface area (Å²) in [6, 6.07) is 9.77. The highest BCUT2D eigenvalue weighted by Crippen LogP contribution is 2.25. The van der Waals surface area contributed by atoms with Gasteiger partial charge in [0.05, 0.1) is 17.3 Å². The van der Waals surface area contributed by atoms with Gasteiger partial charge in [-0.3, -0.25) is 9.97 Å². The molecule has 4 heterocycles. The van der Waals surface area contributed by atoms with Crippen LogP contribution in [-0.2, 0) is 0 Å². The molecule has 4 rings (SSSR count). The summed E-state index contributed by atoms with van der Waals surface area (Å²) in [6.45, 7) is 0. The zero-order chi connectivity index (χ0) is 11.9. The van der Waals surface area contributed by atoms with Crippen LogP contribution >= 0.6 is 0 Å². The van der Waals surface area contributed by atoms with Crippen molar-refractivity contribution in [3.05, 3.63) is 49.0 Å². The highest BCUT2D eigenvalue weighted by Gasteiger charge is 2.06. The summed E-state index contributed by atoms with van der Waals surface area (Å²) in [4.78, 5) is 12.0. The lowest BCUT2D eigenvalue weighted by atomic mass is 10.2. The van der Waals surface area contributed by atoms with Crippen molar-refractivity contribution in [2.75, 3.05) is 0 Å². The van der Waals surface area contributed by atoms with Crippen molar-refractivity contribution in [2.45, 2.75) is 0 Å². The third kappa shape index (κ3) is 1.32. The normalized spacial score (nSPS) is 11.3. The van der Waals surface area contributed by atoms with Gasteiger partial charge in [0, 0.05) is 29.7 Å². The Balaban J connectivity index is 1.94. The Labute approximate surface area is 102 Å². The van der Waals surface area contributed by atoms with Gasteiger partial charge in [-0.15, -0.1) is 0 Å². The molecule has 0 aliphatic rings. The maximum Gasteiger partial charge on any atom is 0.152 e. The molecule has 0 atom stereocenters. The summed E-state index contributed by atoms with van der Waals surface area (Å²) in [5, 5.41) is 0. The molecular weight excluding hydrogens is 226 g/mol. The number of pyridine rings is 2. The maximum absolute atomic E-state index is 5.36. The molecule has 4 nitrogen and oxygen atoms in total. The molecule has 0 spiro atoms. The van der Waals surface area contributed by atoms with Crippen LogP contribution in [0.3, 0.4) is 0 Å². The molecule has 0 radical (unpaired) electrons. The summed E-state index contributed by atoms with van der Waals surface area (Å²) in [7, 11) is 0. The summed E-state index contributed by atoms with van der Waals surface area (Å²) in [5.41, 5.74) is 5.62. The van der Waals surface area contributed by atoms with Crippen molar-refractivity contribution >= 4 is 22.1 Å². The first-order valence-electron chi connectivity index (χ1n) is 5.67. The van der Waals surface area contributed by atoms with E-state index in [9.17, 15) is 0 Å². The van der Waals surface area contributed by atoms with Crippen LogP contribution in [0.1, 0.15) is 0 Å². The van der Waals surface area contributed by atoms with Crippen LogP contribution in [0.25, 0.3) is 33.4 Å². The smallest absolute Gasteiger partial charge is 0.152 e. The Morgan fingerprint density at radius 1 is 1.06 bits per heavy atom. The minimum atomic E-state index is 0.791. The van der Waals surface area contributed by atoms with Crippen molar-refractivity contribution in [1.82, 2.24) is 15.0 Å². The number of H-pyrrole nitrogens is 1. The Kier molecular flexibility index (Phi) is 1.80. The van der Waals surface area contributed by atoms with E-state index in [1.807, 2.05) is 36.5 Å². The molecule has 0 saturated heterocycles. The average molecular weight is 235 g/mol. The molecule has 0 unspecified atom stereocenters. The van der Waals surface area contributed by atoms with Crippen LogP contribution < -0.4 is 0 Å². The first-order chi connectivity index (χ1) is 8.90. The predicted octanol–water partition coefficient (Wildman–Crippen LogP) is 3.37. The van der Waals surface area contributed by atoms with Crippen molar-refractivity contribution in [3.8, 4) is 11.3 Å². The van der Waals surface area contributed by atoms with E-state index in [4.69, 9.17) is 4.42 Å². The lowest BCUT2D eigenvalue weighted by Crippen LogP contribution is -1.79. The van der Waals surface area contributed by atoms with Gasteiger partial charge in [0.25, 0.3) is 0 Å². The number of fused-ring (bicyclic) bond motifs is 2. The average Bonchev–Trinajstić information content (AvgIpc) is 3.04. The van der Waals surface area contributed by atoms with Gasteiger partial charge < -0.3 is 9.40 Å². The first-order valence-corrected chi connectivity index (χ1v) is 5.67. The van der Waals surface area contributed by atoms with Crippen LogP contribution in [0.5, 0.6) is 0 Å². The SMILES string of the molecule is c1cnc2cc(-c3cnc4ccoc4c3)[nH]c2c1. The summed E-state index contributed by atoms with van der Waals surface area (Å²) >= 11 is 0. The molecule has 0 amide bonds. The number of aromatic amines is 1. The zero-order valence-corrected chi connectivity index (χ0v) is 9.42. The molecule has 0 bridgehead atoms. The first kappa shape index (κ1) is 9.41. The van der Waals surface area contributed by atoms with E-state index < -0.39 is 0 Å². The van der Waals surface area contributed by atoms with Gasteiger partial charge in [0.2, 0.25) is 0 Å². The van der Waals surface area contributed by atoms with E-state index in [0.29, 0.717) is 0 Å². The second kappa shape index (κ2) is 3.43. The lowest BCUT2D eigenvalue weighted by molar-refractivity contribution is 0.615. The third-order valence-corrected chi connectivity index (χ3v) is 3.00. The standard InChI is InChI=1S/C14H9N3O/c1-2-10-13(15-4-1)7-12(17-10)9-6-14-11(16-8-9)3-5-18-14/h1-8,17H. The largest absolute Gasteiger partial charge is 0.463 e. The van der Waals surface area contributed by atoms with Crippen molar-refractivity contribution in [3.63, 3.8) is 0 Å². The molecule has 0 aliphatic heterocycles. The van der Waals surface area contributed by atoms with Crippen molar-refractivity contribution < 1.29 is 4.42 Å². The minimum Gasteiger partial charge on any atom is -0.463 e. The van der Waals surface area contributed by atoms with E-state index >= 15 is 0 Å². The number of nitrogens with one attached hydrogen (secondary N) is 1. The molecule has 0 aliphatic carbocycles. The fourth-order valence-electron chi connectivity index (χ4n) is 2.11. The molecule has 4 aromatic heterocycles. The Morgan fingerprint density at radius 2 is 2.06 bits per heavy atom. The zero-order valence-electron chi connectivity index (χ0n) is 9.42. The molecular formula is C14H9N3O. The predicted molar refractivity (Wildman–Crippen MR) is 69.1 cm³/mol. The fraction of sp³-hybridized carbons (Fsp3) is 0. The van der Waals surface area contributed by atoms with Crippen molar-refractivity contribution in [2.24, 2.45) is 0 Å². The molecule has 4 heteroatoms. The molecule has 86 valence electrons. The second-order valence-electron chi connectivity index (χ2n) is 4.15. The van der Waals surface area contributed by atoms with E-state index in [2.05, 4.69) is 15.0 Å². The van der Waals surface area contributed by atoms with Gasteiger partial charge in [-0.2, -0.15) is 0 Å². The van der Waals surface area contributed by atoms with Gasteiger partial charge in [-0.05, 0) is 24.3 Å². The van der Waals surface area contributed by atoms with Gasteiger partial charge in [0.15, 0.2) is 5.58 Å². The van der Waals surface area contributed by atoms with Gasteiger partial charge in [-0.1, -0.05) is 0 Å². The molecule has 1 N–H and O–H groups in total. The summed E-state index contributed by atoms with van der Waals surface area (Å²) in [6.07, 6.45) is 5.27. The van der Waals surface area contributed by atoms with Crippen LogP contribution in [0.15, 0.2) is 53.4 Å². The lowest BCUT2D eigenvalue weighted by Gasteiger charge is -1.96. The summed E-state index contributed by atoms with van der Waals surface area (Å²) < 4.78 is 5.36. The van der Waals surface area contributed by atoms with Crippen LogP contribution in [0, 0.1) is 0 Å². The number of hydrogen-bond donors (Lipinski definition) is 1. The summed E-state index contributed by atoms with van der Waals surface area (Å²) in [5.74, 6) is 0. The highest BCUT2D eigenvalue weighted by atomic mass is 16.3. The fourth-order valence-corrected chi connectivity index (χ4v) is 2.11. The van der Waals surface area contributed by atoms with Gasteiger partial charge >= 0.3 is 0 Å². The molecule has 4 aromatic rings. The highest BCUT2D eigenvalue weighted by molar-refractivity contribution is 5.84. The third-order valence-electron chi connectivity index (χ3n) is 3.00. The topological polar surface area (TPSA) is 54.7 Å². The Morgan fingerprint density at radius 3 is 3.00 bits per heavy atom. The quantitative estimate of drug-likeness (QED) is 0.550. The second-order valence-corrected chi connectivity index (χ2v) is 4.15. The minimum absolute atomic E-state index is 0.791. The number of furan rings is 1. The number of hydrogen-bond acceptors (Lipinski definition) is 3. The monoisotopic (exact) mass is 235 g/mol. The maximum atomic E-state index is 5.36. The molecule has 0 fully saturated rings. The van der Waals surface area contributed by atoms with Crippen LogP contribution in [-0.4, -0.2) is 15.0 Å². The number of nitrogens with zero attached hydrogens (tertiary/aromatic N) is 2. The van der Waals surface area contributed by atoms with E-state index in [1.54, 1.807) is 12.5 Å². The Bertz CT molecular complexity index is 811. The van der Waals surface area contributed by atoms with E-state index in [-0.39, 0.29) is 0 Å². The van der Waals surface area contributed by atoms with E-state index in [0.717, 1.165) is 33.4 Å². The molecule has 0 aromatic carbocycles. The van der Waals surface area contributed by atoms with Gasteiger partial charge in [0.1, 0.15) is 5.52 Å². The van der Waals surface area contributed by atoms with Crippen LogP contribution in [0.4, 0.5) is 0 Å². The van der Waals surface area contributed by atoms with Crippen LogP contribution in [0.2, 0.25) is 0 Å². The molecule has 0 saturated carbocycles. The molecule has 18 heavy (non-hydrogen) atoms.